The Hall–Kier alpha value is -2.70. The molecule has 2 heterocycles. The van der Waals surface area contributed by atoms with Gasteiger partial charge in [0.15, 0.2) is 0 Å². The van der Waals surface area contributed by atoms with Crippen LogP contribution in [0.2, 0.25) is 5.02 Å². The fourth-order valence-electron chi connectivity index (χ4n) is 4.13. The van der Waals surface area contributed by atoms with Gasteiger partial charge in [0.05, 0.1) is 6.54 Å². The molecule has 7 heteroatoms. The molecule has 1 aliphatic rings. The molecule has 5 nitrogen and oxygen atoms in total. The Morgan fingerprint density at radius 3 is 2.50 bits per heavy atom. The predicted molar refractivity (Wildman–Crippen MR) is 128 cm³/mol. The summed E-state index contributed by atoms with van der Waals surface area (Å²) in [5.41, 5.74) is 1.04. The van der Waals surface area contributed by atoms with Crippen molar-refractivity contribution >= 4 is 34.8 Å². The van der Waals surface area contributed by atoms with Crippen LogP contribution in [0.5, 0.6) is 0 Å². The molecule has 0 saturated heterocycles. The predicted octanol–water partition coefficient (Wildman–Crippen LogP) is 5.63. The number of hydrogen-bond acceptors (Lipinski definition) is 4. The van der Waals surface area contributed by atoms with Crippen LogP contribution in [-0.4, -0.2) is 27.7 Å². The molecular weight excluding hydrogens is 442 g/mol. The number of carbonyl (C=O) groups excluding carboxylic acids is 2. The average Bonchev–Trinajstić information content (AvgIpc) is 3.34. The van der Waals surface area contributed by atoms with Crippen LogP contribution in [0.4, 0.5) is 0 Å². The molecule has 0 radical (unpaired) electrons. The molecule has 3 aromatic rings. The van der Waals surface area contributed by atoms with E-state index in [1.54, 1.807) is 52.8 Å². The van der Waals surface area contributed by atoms with Gasteiger partial charge in [-0.2, -0.15) is 0 Å². The standard InChI is InChI=1S/C25H26ClN3O2S/c26-19-13-11-18(12-14-19)23(24(30)28-20-7-2-1-3-8-20)29(17-21-9-6-16-32-21)25(31)22-10-4-5-15-27-22/h4-6,9-16,20,23H,1-3,7-8,17H2,(H,28,30). The second-order valence-electron chi connectivity index (χ2n) is 8.03. The number of amides is 2. The number of aromatic nitrogens is 1. The summed E-state index contributed by atoms with van der Waals surface area (Å²) >= 11 is 7.67. The number of pyridine rings is 1. The summed E-state index contributed by atoms with van der Waals surface area (Å²) in [5.74, 6) is -0.446. The van der Waals surface area contributed by atoms with E-state index in [9.17, 15) is 9.59 Å². The zero-order chi connectivity index (χ0) is 22.3. The SMILES string of the molecule is O=C(NC1CCCCC1)C(c1ccc(Cl)cc1)N(Cc1cccs1)C(=O)c1ccccn1. The van der Waals surface area contributed by atoms with Crippen LogP contribution in [0.15, 0.2) is 66.2 Å². The maximum atomic E-state index is 13.6. The second kappa shape index (κ2) is 10.7. The summed E-state index contributed by atoms with van der Waals surface area (Å²) in [5, 5.41) is 5.77. The number of halogens is 1. The quantitative estimate of drug-likeness (QED) is 0.489. The Balaban J connectivity index is 1.71. The number of benzene rings is 1. The Kier molecular flexibility index (Phi) is 7.55. The molecule has 0 aliphatic heterocycles. The first kappa shape index (κ1) is 22.5. The lowest BCUT2D eigenvalue weighted by Crippen LogP contribution is -2.47. The van der Waals surface area contributed by atoms with Crippen LogP contribution in [-0.2, 0) is 11.3 Å². The lowest BCUT2D eigenvalue weighted by atomic mass is 9.94. The van der Waals surface area contributed by atoms with Crippen molar-refractivity contribution in [3.8, 4) is 0 Å². The fourth-order valence-corrected chi connectivity index (χ4v) is 4.96. The largest absolute Gasteiger partial charge is 0.351 e. The van der Waals surface area contributed by atoms with Crippen LogP contribution < -0.4 is 5.32 Å². The van der Waals surface area contributed by atoms with E-state index in [2.05, 4.69) is 10.3 Å². The van der Waals surface area contributed by atoms with E-state index in [0.717, 1.165) is 36.1 Å². The van der Waals surface area contributed by atoms with Crippen LogP contribution in [0, 0.1) is 0 Å². The Labute approximate surface area is 197 Å². The minimum Gasteiger partial charge on any atom is -0.351 e. The topological polar surface area (TPSA) is 62.3 Å². The van der Waals surface area contributed by atoms with E-state index in [4.69, 9.17) is 11.6 Å². The molecule has 1 atom stereocenters. The number of hydrogen-bond donors (Lipinski definition) is 1. The van der Waals surface area contributed by atoms with Crippen LogP contribution in [0.3, 0.4) is 0 Å². The van der Waals surface area contributed by atoms with E-state index in [1.807, 2.05) is 29.6 Å². The smallest absolute Gasteiger partial charge is 0.273 e. The third kappa shape index (κ3) is 5.56. The third-order valence-electron chi connectivity index (χ3n) is 5.75. The van der Waals surface area contributed by atoms with Crippen molar-refractivity contribution in [2.24, 2.45) is 0 Å². The Bertz CT molecular complexity index is 1020. The molecule has 1 fully saturated rings. The van der Waals surface area contributed by atoms with Gasteiger partial charge in [-0.15, -0.1) is 11.3 Å². The number of nitrogens with one attached hydrogen (secondary N) is 1. The van der Waals surface area contributed by atoms with Crippen molar-refractivity contribution in [1.82, 2.24) is 15.2 Å². The summed E-state index contributed by atoms with van der Waals surface area (Å²) < 4.78 is 0. The highest BCUT2D eigenvalue weighted by Gasteiger charge is 2.34. The molecule has 1 aliphatic carbocycles. The van der Waals surface area contributed by atoms with Gasteiger partial charge >= 0.3 is 0 Å². The first-order chi connectivity index (χ1) is 15.6. The number of rotatable bonds is 7. The normalized spacial score (nSPS) is 15.2. The molecule has 1 saturated carbocycles. The van der Waals surface area contributed by atoms with Crippen LogP contribution in [0.1, 0.15) is 59.1 Å². The minimum absolute atomic E-state index is 0.139. The molecule has 2 amide bonds. The summed E-state index contributed by atoms with van der Waals surface area (Å²) in [4.78, 5) is 34.1. The lowest BCUT2D eigenvalue weighted by Gasteiger charge is -2.33. The lowest BCUT2D eigenvalue weighted by molar-refractivity contribution is -0.127. The van der Waals surface area contributed by atoms with E-state index in [1.165, 1.54) is 6.42 Å². The van der Waals surface area contributed by atoms with Crippen LogP contribution >= 0.6 is 22.9 Å². The van der Waals surface area contributed by atoms with Gasteiger partial charge in [0.1, 0.15) is 11.7 Å². The third-order valence-corrected chi connectivity index (χ3v) is 6.86. The molecule has 1 unspecified atom stereocenters. The molecule has 2 aromatic heterocycles. The van der Waals surface area contributed by atoms with E-state index >= 15 is 0 Å². The summed E-state index contributed by atoms with van der Waals surface area (Å²) in [6.07, 6.45) is 6.96. The van der Waals surface area contributed by atoms with Crippen molar-refractivity contribution in [2.45, 2.75) is 50.7 Å². The van der Waals surface area contributed by atoms with Crippen molar-refractivity contribution in [3.63, 3.8) is 0 Å². The van der Waals surface area contributed by atoms with E-state index in [0.29, 0.717) is 17.3 Å². The molecule has 1 aromatic carbocycles. The second-order valence-corrected chi connectivity index (χ2v) is 9.49. The summed E-state index contributed by atoms with van der Waals surface area (Å²) in [7, 11) is 0. The molecule has 1 N–H and O–H groups in total. The first-order valence-corrected chi connectivity index (χ1v) is 12.2. The van der Waals surface area contributed by atoms with E-state index in [-0.39, 0.29) is 17.9 Å². The number of thiophene rings is 1. The molecule has 4 rings (SSSR count). The van der Waals surface area contributed by atoms with Crippen molar-refractivity contribution < 1.29 is 9.59 Å². The molecule has 0 spiro atoms. The molecule has 0 bridgehead atoms. The number of carbonyl (C=O) groups is 2. The van der Waals surface area contributed by atoms with Crippen molar-refractivity contribution in [3.05, 3.63) is 87.3 Å². The van der Waals surface area contributed by atoms with Gasteiger partial charge in [-0.25, -0.2) is 0 Å². The van der Waals surface area contributed by atoms with Gasteiger partial charge < -0.3 is 10.2 Å². The van der Waals surface area contributed by atoms with Crippen LogP contribution in [0.25, 0.3) is 0 Å². The molecular formula is C25H26ClN3O2S. The zero-order valence-corrected chi connectivity index (χ0v) is 19.3. The van der Waals surface area contributed by atoms with Gasteiger partial charge in [0.25, 0.3) is 5.91 Å². The average molecular weight is 468 g/mol. The summed E-state index contributed by atoms with van der Waals surface area (Å²) in [6.45, 7) is 0.318. The van der Waals surface area contributed by atoms with Gasteiger partial charge in [-0.05, 0) is 54.1 Å². The van der Waals surface area contributed by atoms with Gasteiger partial charge in [0.2, 0.25) is 5.91 Å². The van der Waals surface area contributed by atoms with Crippen molar-refractivity contribution in [1.29, 1.82) is 0 Å². The maximum Gasteiger partial charge on any atom is 0.273 e. The fraction of sp³-hybridized carbons (Fsp3) is 0.320. The highest BCUT2D eigenvalue weighted by molar-refractivity contribution is 7.09. The van der Waals surface area contributed by atoms with Crippen molar-refractivity contribution in [2.75, 3.05) is 0 Å². The number of nitrogens with zero attached hydrogens (tertiary/aromatic N) is 2. The highest BCUT2D eigenvalue weighted by atomic mass is 35.5. The summed E-state index contributed by atoms with van der Waals surface area (Å²) in [6, 6.07) is 15.7. The highest BCUT2D eigenvalue weighted by Crippen LogP contribution is 2.29. The van der Waals surface area contributed by atoms with Gasteiger partial charge in [-0.1, -0.05) is 55.1 Å². The maximum absolute atomic E-state index is 13.6. The molecule has 32 heavy (non-hydrogen) atoms. The van der Waals surface area contributed by atoms with Gasteiger partial charge in [-0.3, -0.25) is 14.6 Å². The van der Waals surface area contributed by atoms with E-state index < -0.39 is 6.04 Å². The monoisotopic (exact) mass is 467 g/mol. The zero-order valence-electron chi connectivity index (χ0n) is 17.7. The Morgan fingerprint density at radius 2 is 1.84 bits per heavy atom. The minimum atomic E-state index is -0.786. The molecule has 166 valence electrons. The first-order valence-electron chi connectivity index (χ1n) is 10.9. The Morgan fingerprint density at radius 1 is 1.06 bits per heavy atom. The van der Waals surface area contributed by atoms with Gasteiger partial charge in [0, 0.05) is 22.1 Å².